The first-order chi connectivity index (χ1) is 16.3. The third-order valence-electron chi connectivity index (χ3n) is 5.28. The number of anilines is 3. The molecule has 0 fully saturated rings. The van der Waals surface area contributed by atoms with Crippen LogP contribution < -0.4 is 19.7 Å². The number of benzene rings is 3. The summed E-state index contributed by atoms with van der Waals surface area (Å²) in [6.45, 7) is 0. The molecule has 0 saturated carbocycles. The van der Waals surface area contributed by atoms with Gasteiger partial charge in [-0.2, -0.15) is 0 Å². The van der Waals surface area contributed by atoms with Gasteiger partial charge in [0.1, 0.15) is 17.3 Å². The van der Waals surface area contributed by atoms with E-state index >= 15 is 0 Å². The van der Waals surface area contributed by atoms with E-state index in [-0.39, 0.29) is 10.6 Å². The van der Waals surface area contributed by atoms with E-state index < -0.39 is 9.84 Å². The van der Waals surface area contributed by atoms with Crippen molar-refractivity contribution < 1.29 is 17.9 Å². The molecule has 9 heteroatoms. The van der Waals surface area contributed by atoms with E-state index in [0.29, 0.717) is 39.7 Å². The SMILES string of the molecule is COc1cc(Nc2nc3ccccc3nc2CS(=O)(=O)c2cccc(N(C)C)c2)cc(OC)c1. The summed E-state index contributed by atoms with van der Waals surface area (Å²) in [4.78, 5) is 11.4. The van der Waals surface area contributed by atoms with Crippen molar-refractivity contribution in [2.24, 2.45) is 0 Å². The summed E-state index contributed by atoms with van der Waals surface area (Å²) in [5.74, 6) is 1.21. The number of rotatable bonds is 8. The molecule has 0 amide bonds. The van der Waals surface area contributed by atoms with Crippen LogP contribution in [0.5, 0.6) is 11.5 Å². The summed E-state index contributed by atoms with van der Waals surface area (Å²) in [6.07, 6.45) is 0. The van der Waals surface area contributed by atoms with Gasteiger partial charge in [0.15, 0.2) is 15.7 Å². The number of para-hydroxylation sites is 2. The lowest BCUT2D eigenvalue weighted by atomic mass is 10.2. The molecule has 0 radical (unpaired) electrons. The molecular formula is C25H26N4O4S. The second-order valence-electron chi connectivity index (χ2n) is 7.88. The Labute approximate surface area is 199 Å². The zero-order valence-corrected chi connectivity index (χ0v) is 20.3. The molecule has 0 aliphatic carbocycles. The Balaban J connectivity index is 1.78. The monoisotopic (exact) mass is 478 g/mol. The van der Waals surface area contributed by atoms with Crippen LogP contribution in [0.15, 0.2) is 71.6 Å². The first-order valence-electron chi connectivity index (χ1n) is 10.5. The number of methoxy groups -OCH3 is 2. The van der Waals surface area contributed by atoms with Crippen molar-refractivity contribution in [3.8, 4) is 11.5 Å². The number of nitrogens with one attached hydrogen (secondary N) is 1. The maximum Gasteiger partial charge on any atom is 0.184 e. The van der Waals surface area contributed by atoms with Gasteiger partial charge >= 0.3 is 0 Å². The number of hydrogen-bond donors (Lipinski definition) is 1. The van der Waals surface area contributed by atoms with Crippen molar-refractivity contribution in [2.75, 3.05) is 38.5 Å². The lowest BCUT2D eigenvalue weighted by Crippen LogP contribution is -2.12. The van der Waals surface area contributed by atoms with Crippen molar-refractivity contribution in [3.05, 3.63) is 72.4 Å². The predicted molar refractivity (Wildman–Crippen MR) is 134 cm³/mol. The van der Waals surface area contributed by atoms with Gasteiger partial charge in [-0.15, -0.1) is 0 Å². The molecule has 4 rings (SSSR count). The van der Waals surface area contributed by atoms with Crippen LogP contribution in [-0.4, -0.2) is 46.7 Å². The Morgan fingerprint density at radius 2 is 1.50 bits per heavy atom. The number of nitrogens with zero attached hydrogens (tertiary/aromatic N) is 3. The van der Waals surface area contributed by atoms with E-state index in [1.165, 1.54) is 0 Å². The number of aromatic nitrogens is 2. The molecule has 8 nitrogen and oxygen atoms in total. The van der Waals surface area contributed by atoms with E-state index in [1.807, 2.05) is 49.3 Å². The third kappa shape index (κ3) is 5.04. The first kappa shape index (κ1) is 23.3. The largest absolute Gasteiger partial charge is 0.497 e. The lowest BCUT2D eigenvalue weighted by Gasteiger charge is -2.15. The molecule has 3 aromatic carbocycles. The van der Waals surface area contributed by atoms with Gasteiger partial charge in [-0.25, -0.2) is 18.4 Å². The highest BCUT2D eigenvalue weighted by Gasteiger charge is 2.21. The van der Waals surface area contributed by atoms with Gasteiger partial charge < -0.3 is 19.7 Å². The molecule has 0 unspecified atom stereocenters. The molecule has 34 heavy (non-hydrogen) atoms. The van der Waals surface area contributed by atoms with Gasteiger partial charge in [0.25, 0.3) is 0 Å². The molecule has 1 N–H and O–H groups in total. The first-order valence-corrected chi connectivity index (χ1v) is 12.2. The Hall–Kier alpha value is -3.85. The van der Waals surface area contributed by atoms with E-state index in [9.17, 15) is 8.42 Å². The van der Waals surface area contributed by atoms with Crippen molar-refractivity contribution in [1.29, 1.82) is 0 Å². The minimum absolute atomic E-state index is 0.225. The highest BCUT2D eigenvalue weighted by atomic mass is 32.2. The van der Waals surface area contributed by atoms with Crippen LogP contribution in [-0.2, 0) is 15.6 Å². The zero-order chi connectivity index (χ0) is 24.3. The summed E-state index contributed by atoms with van der Waals surface area (Å²) < 4.78 is 37.4. The van der Waals surface area contributed by atoms with Crippen LogP contribution in [0.3, 0.4) is 0 Å². The molecule has 0 aliphatic heterocycles. The summed E-state index contributed by atoms with van der Waals surface area (Å²) in [6, 6.07) is 19.5. The Kier molecular flexibility index (Phi) is 6.56. The maximum absolute atomic E-state index is 13.4. The minimum Gasteiger partial charge on any atom is -0.497 e. The Morgan fingerprint density at radius 3 is 2.12 bits per heavy atom. The smallest absolute Gasteiger partial charge is 0.184 e. The van der Waals surface area contributed by atoms with Gasteiger partial charge in [-0.3, -0.25) is 0 Å². The average Bonchev–Trinajstić information content (AvgIpc) is 2.84. The molecule has 0 aliphatic rings. The molecule has 0 bridgehead atoms. The van der Waals surface area contributed by atoms with Crippen LogP contribution in [0.2, 0.25) is 0 Å². The Bertz CT molecular complexity index is 1420. The molecule has 0 saturated heterocycles. The quantitative estimate of drug-likeness (QED) is 0.398. The maximum atomic E-state index is 13.4. The highest BCUT2D eigenvalue weighted by Crippen LogP contribution is 2.30. The molecule has 176 valence electrons. The van der Waals surface area contributed by atoms with E-state index in [0.717, 1.165) is 5.69 Å². The van der Waals surface area contributed by atoms with Gasteiger partial charge in [-0.05, 0) is 30.3 Å². The normalized spacial score (nSPS) is 11.3. The minimum atomic E-state index is -3.70. The highest BCUT2D eigenvalue weighted by molar-refractivity contribution is 7.90. The van der Waals surface area contributed by atoms with E-state index in [1.54, 1.807) is 50.6 Å². The second-order valence-corrected chi connectivity index (χ2v) is 9.87. The summed E-state index contributed by atoms with van der Waals surface area (Å²) in [5.41, 5.74) is 3.01. The summed E-state index contributed by atoms with van der Waals surface area (Å²) >= 11 is 0. The third-order valence-corrected chi connectivity index (χ3v) is 6.90. The fourth-order valence-electron chi connectivity index (χ4n) is 3.47. The lowest BCUT2D eigenvalue weighted by molar-refractivity contribution is 0.395. The van der Waals surface area contributed by atoms with Gasteiger partial charge in [-0.1, -0.05) is 18.2 Å². The number of ether oxygens (including phenoxy) is 2. The molecule has 4 aromatic rings. The molecule has 0 spiro atoms. The van der Waals surface area contributed by atoms with Gasteiger partial charge in [0.05, 0.1) is 35.8 Å². The molecular weight excluding hydrogens is 452 g/mol. The van der Waals surface area contributed by atoms with Crippen molar-refractivity contribution in [3.63, 3.8) is 0 Å². The van der Waals surface area contributed by atoms with Crippen LogP contribution in [0.25, 0.3) is 11.0 Å². The topological polar surface area (TPSA) is 93.7 Å². The van der Waals surface area contributed by atoms with Crippen LogP contribution >= 0.6 is 0 Å². The van der Waals surface area contributed by atoms with Crippen molar-refractivity contribution in [2.45, 2.75) is 10.6 Å². The van der Waals surface area contributed by atoms with Gasteiger partial charge in [0.2, 0.25) is 0 Å². The van der Waals surface area contributed by atoms with Crippen molar-refractivity contribution >= 4 is 38.1 Å². The van der Waals surface area contributed by atoms with E-state index in [4.69, 9.17) is 9.47 Å². The summed E-state index contributed by atoms with van der Waals surface area (Å²) in [5, 5.41) is 3.21. The second kappa shape index (κ2) is 9.56. The average molecular weight is 479 g/mol. The van der Waals surface area contributed by atoms with E-state index in [2.05, 4.69) is 15.3 Å². The predicted octanol–water partition coefficient (Wildman–Crippen LogP) is 4.43. The van der Waals surface area contributed by atoms with Crippen LogP contribution in [0.4, 0.5) is 17.2 Å². The fourth-order valence-corrected chi connectivity index (χ4v) is 4.79. The number of sulfone groups is 1. The van der Waals surface area contributed by atoms with Crippen LogP contribution in [0.1, 0.15) is 5.69 Å². The summed E-state index contributed by atoms with van der Waals surface area (Å²) in [7, 11) is 3.16. The molecule has 0 atom stereocenters. The Morgan fingerprint density at radius 1 is 0.853 bits per heavy atom. The van der Waals surface area contributed by atoms with Crippen molar-refractivity contribution in [1.82, 2.24) is 9.97 Å². The standard InChI is InChI=1S/C25H26N4O4S/c1-29(2)18-8-7-9-21(14-18)34(30,31)16-24-25(28-23-11-6-5-10-22(23)27-24)26-17-12-19(32-3)15-20(13-17)33-4/h5-15H,16H2,1-4H3,(H,26,28). The van der Waals surface area contributed by atoms with Crippen LogP contribution in [0, 0.1) is 0 Å². The fraction of sp³-hybridized carbons (Fsp3) is 0.200. The zero-order valence-electron chi connectivity index (χ0n) is 19.4. The number of fused-ring (bicyclic) bond motifs is 1. The number of hydrogen-bond acceptors (Lipinski definition) is 8. The molecule has 1 heterocycles. The molecule has 1 aromatic heterocycles. The van der Waals surface area contributed by atoms with Gasteiger partial charge in [0, 0.05) is 43.7 Å².